The normalized spacial score (nSPS) is 30.6. The van der Waals surface area contributed by atoms with E-state index in [1.807, 2.05) is 35.1 Å². The van der Waals surface area contributed by atoms with E-state index < -0.39 is 10.0 Å². The lowest BCUT2D eigenvalue weighted by molar-refractivity contribution is 0.253. The van der Waals surface area contributed by atoms with Crippen LogP contribution in [0.3, 0.4) is 0 Å². The van der Waals surface area contributed by atoms with Crippen LogP contribution in [0.5, 0.6) is 0 Å². The van der Waals surface area contributed by atoms with Crippen LogP contribution in [-0.4, -0.2) is 36.3 Å². The molecule has 0 saturated carbocycles. The van der Waals surface area contributed by atoms with Gasteiger partial charge in [0.05, 0.1) is 4.90 Å². The maximum atomic E-state index is 12.9. The van der Waals surface area contributed by atoms with Crippen molar-refractivity contribution in [1.82, 2.24) is 4.31 Å². The van der Waals surface area contributed by atoms with Crippen LogP contribution < -0.4 is 0 Å². The van der Waals surface area contributed by atoms with Crippen LogP contribution in [0.2, 0.25) is 0 Å². The summed E-state index contributed by atoms with van der Waals surface area (Å²) in [6.07, 6.45) is 6.18. The Morgan fingerprint density at radius 2 is 1.65 bits per heavy atom. The van der Waals surface area contributed by atoms with Gasteiger partial charge in [0.15, 0.2) is 0 Å². The molecule has 0 radical (unpaired) electrons. The van der Waals surface area contributed by atoms with Crippen LogP contribution in [0.1, 0.15) is 31.2 Å². The van der Waals surface area contributed by atoms with Gasteiger partial charge in [-0.2, -0.15) is 16.1 Å². The highest BCUT2D eigenvalue weighted by molar-refractivity contribution is 7.99. The first-order valence-electron chi connectivity index (χ1n) is 7.15. The number of piperidine rings is 1. The van der Waals surface area contributed by atoms with Crippen LogP contribution >= 0.6 is 11.8 Å². The van der Waals surface area contributed by atoms with Crippen molar-refractivity contribution in [3.8, 4) is 0 Å². The number of sulfonamides is 1. The molecule has 5 heteroatoms. The topological polar surface area (TPSA) is 37.4 Å². The van der Waals surface area contributed by atoms with Gasteiger partial charge >= 0.3 is 0 Å². The number of hydrogen-bond donors (Lipinski definition) is 0. The SMILES string of the molecule is CSC1CC2CCC(C1)N2S(=O)(=O)c1ccc(C)cc1. The predicted octanol–water partition coefficient (Wildman–Crippen LogP) is 3.04. The van der Waals surface area contributed by atoms with Gasteiger partial charge in [0.2, 0.25) is 10.0 Å². The summed E-state index contributed by atoms with van der Waals surface area (Å²) in [4.78, 5) is 0.447. The molecule has 2 fully saturated rings. The summed E-state index contributed by atoms with van der Waals surface area (Å²) in [5.74, 6) is 0. The van der Waals surface area contributed by atoms with Crippen molar-refractivity contribution in [2.75, 3.05) is 6.26 Å². The molecule has 2 atom stereocenters. The first-order valence-corrected chi connectivity index (χ1v) is 9.88. The maximum absolute atomic E-state index is 12.9. The highest BCUT2D eigenvalue weighted by Crippen LogP contribution is 2.42. The van der Waals surface area contributed by atoms with E-state index in [1.165, 1.54) is 0 Å². The van der Waals surface area contributed by atoms with Crippen molar-refractivity contribution < 1.29 is 8.42 Å². The fraction of sp³-hybridized carbons (Fsp3) is 0.600. The minimum atomic E-state index is -3.32. The molecule has 20 heavy (non-hydrogen) atoms. The molecule has 0 N–H and O–H groups in total. The number of nitrogens with zero attached hydrogens (tertiary/aromatic N) is 1. The molecule has 3 nitrogen and oxygen atoms in total. The zero-order valence-corrected chi connectivity index (χ0v) is 13.6. The molecule has 3 rings (SSSR count). The second-order valence-corrected chi connectivity index (χ2v) is 8.84. The summed E-state index contributed by atoms with van der Waals surface area (Å²) in [5.41, 5.74) is 1.09. The molecule has 0 aliphatic carbocycles. The Hall–Kier alpha value is -0.520. The van der Waals surface area contributed by atoms with Crippen LogP contribution in [0.25, 0.3) is 0 Å². The van der Waals surface area contributed by atoms with Gasteiger partial charge in [-0.1, -0.05) is 17.7 Å². The molecular weight excluding hydrogens is 290 g/mol. The Morgan fingerprint density at radius 3 is 2.15 bits per heavy atom. The second-order valence-electron chi connectivity index (χ2n) is 5.86. The average Bonchev–Trinajstić information content (AvgIpc) is 2.71. The van der Waals surface area contributed by atoms with Crippen LogP contribution in [0, 0.1) is 6.92 Å². The molecule has 2 bridgehead atoms. The van der Waals surface area contributed by atoms with Crippen LogP contribution in [0.15, 0.2) is 29.2 Å². The van der Waals surface area contributed by atoms with Gasteiger partial charge in [-0.3, -0.25) is 0 Å². The molecule has 0 spiro atoms. The average molecular weight is 311 g/mol. The standard InChI is InChI=1S/C15H21NO2S2/c1-11-3-7-15(8-4-11)20(17,18)16-12-5-6-13(16)10-14(9-12)19-2/h3-4,7-8,12-14H,5-6,9-10H2,1-2H3. The summed E-state index contributed by atoms with van der Waals surface area (Å²) in [6, 6.07) is 7.65. The first-order chi connectivity index (χ1) is 9.52. The lowest BCUT2D eigenvalue weighted by atomic mass is 10.1. The van der Waals surface area contributed by atoms with E-state index in [0.717, 1.165) is 31.2 Å². The van der Waals surface area contributed by atoms with E-state index in [0.29, 0.717) is 10.1 Å². The van der Waals surface area contributed by atoms with Gasteiger partial charge in [0, 0.05) is 17.3 Å². The third kappa shape index (κ3) is 2.40. The number of hydrogen-bond acceptors (Lipinski definition) is 3. The van der Waals surface area contributed by atoms with Gasteiger partial charge < -0.3 is 0 Å². The molecule has 2 aliphatic rings. The van der Waals surface area contributed by atoms with Crippen molar-refractivity contribution in [1.29, 1.82) is 0 Å². The summed E-state index contributed by atoms with van der Waals surface area (Å²) in [7, 11) is -3.32. The highest BCUT2D eigenvalue weighted by atomic mass is 32.2. The Kier molecular flexibility index (Phi) is 3.86. The van der Waals surface area contributed by atoms with Crippen LogP contribution in [0.4, 0.5) is 0 Å². The molecule has 110 valence electrons. The molecule has 0 aromatic heterocycles. The number of fused-ring (bicyclic) bond motifs is 2. The lowest BCUT2D eigenvalue weighted by Crippen LogP contribution is -2.47. The molecular formula is C15H21NO2S2. The quantitative estimate of drug-likeness (QED) is 0.861. The van der Waals surface area contributed by atoms with Gasteiger partial charge in [-0.25, -0.2) is 8.42 Å². The van der Waals surface area contributed by atoms with E-state index in [9.17, 15) is 8.42 Å². The molecule has 0 amide bonds. The van der Waals surface area contributed by atoms with Crippen molar-refractivity contribution in [2.45, 2.75) is 54.8 Å². The maximum Gasteiger partial charge on any atom is 0.243 e. The molecule has 2 saturated heterocycles. The van der Waals surface area contributed by atoms with Gasteiger partial charge in [0.25, 0.3) is 0 Å². The minimum absolute atomic E-state index is 0.206. The number of rotatable bonds is 3. The van der Waals surface area contributed by atoms with E-state index in [1.54, 1.807) is 12.1 Å². The fourth-order valence-electron chi connectivity index (χ4n) is 3.50. The number of benzene rings is 1. The highest BCUT2D eigenvalue weighted by Gasteiger charge is 2.46. The Labute approximate surface area is 125 Å². The molecule has 1 aromatic carbocycles. The van der Waals surface area contributed by atoms with E-state index in [2.05, 4.69) is 6.26 Å². The van der Waals surface area contributed by atoms with Crippen molar-refractivity contribution in [2.24, 2.45) is 0 Å². The van der Waals surface area contributed by atoms with Crippen molar-refractivity contribution >= 4 is 21.8 Å². The summed E-state index contributed by atoms with van der Waals surface area (Å²) in [6.45, 7) is 1.98. The van der Waals surface area contributed by atoms with E-state index >= 15 is 0 Å². The number of aryl methyl sites for hydroxylation is 1. The van der Waals surface area contributed by atoms with E-state index in [-0.39, 0.29) is 12.1 Å². The Balaban J connectivity index is 1.91. The van der Waals surface area contributed by atoms with Crippen molar-refractivity contribution in [3.05, 3.63) is 29.8 Å². The largest absolute Gasteiger partial charge is 0.243 e. The van der Waals surface area contributed by atoms with Crippen molar-refractivity contribution in [3.63, 3.8) is 0 Å². The molecule has 1 aromatic rings. The first kappa shape index (κ1) is 14.4. The Bertz CT molecular complexity index is 568. The van der Waals surface area contributed by atoms with Crippen LogP contribution in [-0.2, 0) is 10.0 Å². The zero-order chi connectivity index (χ0) is 14.3. The smallest absolute Gasteiger partial charge is 0.207 e. The lowest BCUT2D eigenvalue weighted by Gasteiger charge is -2.37. The van der Waals surface area contributed by atoms with Gasteiger partial charge in [-0.15, -0.1) is 0 Å². The zero-order valence-electron chi connectivity index (χ0n) is 12.0. The Morgan fingerprint density at radius 1 is 1.10 bits per heavy atom. The summed E-state index contributed by atoms with van der Waals surface area (Å²) < 4.78 is 27.6. The predicted molar refractivity (Wildman–Crippen MR) is 83.6 cm³/mol. The van der Waals surface area contributed by atoms with E-state index in [4.69, 9.17) is 0 Å². The number of thioether (sulfide) groups is 1. The molecule has 2 unspecified atom stereocenters. The monoisotopic (exact) mass is 311 g/mol. The second kappa shape index (κ2) is 5.35. The fourth-order valence-corrected chi connectivity index (χ4v) is 6.22. The summed E-state index contributed by atoms with van der Waals surface area (Å²) in [5, 5.41) is 0.622. The molecule has 2 heterocycles. The van der Waals surface area contributed by atoms with Gasteiger partial charge in [-0.05, 0) is 51.0 Å². The third-order valence-electron chi connectivity index (χ3n) is 4.55. The third-order valence-corrected chi connectivity index (χ3v) is 7.62. The minimum Gasteiger partial charge on any atom is -0.207 e. The molecule has 2 aliphatic heterocycles. The summed E-state index contributed by atoms with van der Waals surface area (Å²) >= 11 is 1.88. The van der Waals surface area contributed by atoms with Gasteiger partial charge in [0.1, 0.15) is 0 Å².